The van der Waals surface area contributed by atoms with Crippen molar-refractivity contribution in [3.05, 3.63) is 82.9 Å². The van der Waals surface area contributed by atoms with Gasteiger partial charge in [-0.15, -0.1) is 0 Å². The number of rotatable bonds is 6. The Hall–Kier alpha value is -3.40. The molecule has 0 radical (unpaired) electrons. The third kappa shape index (κ3) is 4.60. The third-order valence-electron chi connectivity index (χ3n) is 5.22. The third-order valence-corrected chi connectivity index (χ3v) is 5.22. The number of carboxylic acid groups (broad SMARTS) is 1. The molecule has 0 aliphatic heterocycles. The van der Waals surface area contributed by atoms with Gasteiger partial charge in [-0.1, -0.05) is 80.6 Å². The molecule has 3 aromatic rings. The number of fused-ring (bicyclic) bond motifs is 1. The van der Waals surface area contributed by atoms with Crippen molar-refractivity contribution in [1.82, 2.24) is 5.32 Å². The maximum absolute atomic E-state index is 13.0. The second-order valence-electron chi connectivity index (χ2n) is 8.29. The maximum Gasteiger partial charge on any atom is 0.328 e. The lowest BCUT2D eigenvalue weighted by atomic mass is 9.96. The van der Waals surface area contributed by atoms with Crippen LogP contribution in [0, 0.1) is 0 Å². The molecule has 0 fully saturated rings. The molecular formula is C26H27NO3. The summed E-state index contributed by atoms with van der Waals surface area (Å²) in [6.07, 6.45) is 3.90. The fraction of sp³-hybridized carbons (Fsp3) is 0.231. The summed E-state index contributed by atoms with van der Waals surface area (Å²) in [6, 6.07) is 19.8. The van der Waals surface area contributed by atoms with E-state index in [1.54, 1.807) is 6.07 Å². The molecule has 1 amide bonds. The Labute approximate surface area is 177 Å². The van der Waals surface area contributed by atoms with Crippen molar-refractivity contribution in [2.24, 2.45) is 0 Å². The predicted molar refractivity (Wildman–Crippen MR) is 123 cm³/mol. The fourth-order valence-corrected chi connectivity index (χ4v) is 3.25. The Balaban J connectivity index is 2.04. The van der Waals surface area contributed by atoms with Gasteiger partial charge in [0.05, 0.1) is 0 Å². The van der Waals surface area contributed by atoms with Crippen LogP contribution in [0.5, 0.6) is 0 Å². The van der Waals surface area contributed by atoms with E-state index >= 15 is 0 Å². The Morgan fingerprint density at radius 1 is 0.933 bits per heavy atom. The lowest BCUT2D eigenvalue weighted by Gasteiger charge is -2.22. The maximum atomic E-state index is 13.0. The van der Waals surface area contributed by atoms with Gasteiger partial charge in [0.15, 0.2) is 0 Å². The van der Waals surface area contributed by atoms with Gasteiger partial charge in [0.1, 0.15) is 5.54 Å². The number of aliphatic carboxylic acids is 1. The highest BCUT2D eigenvalue weighted by Gasteiger charge is 2.30. The Morgan fingerprint density at radius 3 is 2.23 bits per heavy atom. The van der Waals surface area contributed by atoms with Gasteiger partial charge < -0.3 is 10.4 Å². The molecule has 0 bridgehead atoms. The Morgan fingerprint density at radius 2 is 1.60 bits per heavy atom. The van der Waals surface area contributed by atoms with Crippen molar-refractivity contribution in [2.45, 2.75) is 39.2 Å². The van der Waals surface area contributed by atoms with Crippen molar-refractivity contribution in [1.29, 1.82) is 0 Å². The summed E-state index contributed by atoms with van der Waals surface area (Å²) in [4.78, 5) is 24.4. The molecule has 0 saturated carbocycles. The summed E-state index contributed by atoms with van der Waals surface area (Å²) >= 11 is 0. The molecule has 30 heavy (non-hydrogen) atoms. The summed E-state index contributed by atoms with van der Waals surface area (Å²) in [7, 11) is 0. The molecule has 3 aromatic carbocycles. The standard InChI is InChI=1S/C26H27NO3/c1-17(2)19-12-9-18(10-13-19)11-15-22-21-8-6-5-7-20(21)14-16-23(22)24(28)27-26(3,4)25(29)30/h5-17H,1-4H3,(H,27,28)(H,29,30). The summed E-state index contributed by atoms with van der Waals surface area (Å²) in [5.41, 5.74) is 2.15. The van der Waals surface area contributed by atoms with Crippen LogP contribution in [-0.4, -0.2) is 22.5 Å². The van der Waals surface area contributed by atoms with Crippen molar-refractivity contribution >= 4 is 34.8 Å². The summed E-state index contributed by atoms with van der Waals surface area (Å²) in [5, 5.41) is 13.9. The molecule has 0 saturated heterocycles. The van der Waals surface area contributed by atoms with E-state index in [-0.39, 0.29) is 0 Å². The minimum atomic E-state index is -1.36. The van der Waals surface area contributed by atoms with Crippen LogP contribution in [0.25, 0.3) is 22.9 Å². The first-order chi connectivity index (χ1) is 14.2. The smallest absolute Gasteiger partial charge is 0.328 e. The lowest BCUT2D eigenvalue weighted by molar-refractivity contribution is -0.143. The van der Waals surface area contributed by atoms with Crippen molar-refractivity contribution in [2.75, 3.05) is 0 Å². The second-order valence-corrected chi connectivity index (χ2v) is 8.29. The fourth-order valence-electron chi connectivity index (χ4n) is 3.25. The van der Waals surface area contributed by atoms with Crippen LogP contribution >= 0.6 is 0 Å². The SMILES string of the molecule is CC(C)c1ccc(C=Cc2c(C(=O)NC(C)(C)C(=O)O)ccc3ccccc23)cc1. The number of hydrogen-bond donors (Lipinski definition) is 2. The Kier molecular flexibility index (Phi) is 6.06. The van der Waals surface area contributed by atoms with Crippen molar-refractivity contribution < 1.29 is 14.7 Å². The summed E-state index contributed by atoms with van der Waals surface area (Å²) in [5.74, 6) is -1.03. The van der Waals surface area contributed by atoms with Crippen LogP contribution in [-0.2, 0) is 4.79 Å². The molecule has 0 aromatic heterocycles. The quantitative estimate of drug-likeness (QED) is 0.519. The Bertz CT molecular complexity index is 1110. The number of hydrogen-bond acceptors (Lipinski definition) is 2. The molecule has 0 atom stereocenters. The van der Waals surface area contributed by atoms with Crippen LogP contribution in [0.3, 0.4) is 0 Å². The summed E-state index contributed by atoms with van der Waals surface area (Å²) in [6.45, 7) is 7.26. The van der Waals surface area contributed by atoms with E-state index in [1.165, 1.54) is 19.4 Å². The number of benzene rings is 3. The molecule has 0 aliphatic carbocycles. The van der Waals surface area contributed by atoms with E-state index in [0.717, 1.165) is 21.9 Å². The van der Waals surface area contributed by atoms with Gasteiger partial charge in [0.25, 0.3) is 5.91 Å². The van der Waals surface area contributed by atoms with Gasteiger partial charge in [0, 0.05) is 5.56 Å². The van der Waals surface area contributed by atoms with Crippen LogP contribution in [0.15, 0.2) is 60.7 Å². The molecule has 0 unspecified atom stereocenters. The van der Waals surface area contributed by atoms with Gasteiger partial charge in [0.2, 0.25) is 0 Å². The van der Waals surface area contributed by atoms with Gasteiger partial charge in [-0.05, 0) is 53.3 Å². The first-order valence-electron chi connectivity index (χ1n) is 10.0. The van der Waals surface area contributed by atoms with Gasteiger partial charge >= 0.3 is 5.97 Å². The van der Waals surface area contributed by atoms with E-state index in [1.807, 2.05) is 42.5 Å². The zero-order chi connectivity index (χ0) is 21.9. The monoisotopic (exact) mass is 401 g/mol. The average molecular weight is 402 g/mol. The first kappa shape index (κ1) is 21.3. The highest BCUT2D eigenvalue weighted by atomic mass is 16.4. The molecule has 4 heteroatoms. The molecule has 0 heterocycles. The minimum absolute atomic E-state index is 0.414. The zero-order valence-corrected chi connectivity index (χ0v) is 17.8. The van der Waals surface area contributed by atoms with E-state index in [2.05, 4.69) is 43.4 Å². The van der Waals surface area contributed by atoms with E-state index in [9.17, 15) is 14.7 Å². The highest BCUT2D eigenvalue weighted by Crippen LogP contribution is 2.26. The van der Waals surface area contributed by atoms with E-state index in [0.29, 0.717) is 11.5 Å². The molecule has 4 nitrogen and oxygen atoms in total. The highest BCUT2D eigenvalue weighted by molar-refractivity contribution is 6.07. The van der Waals surface area contributed by atoms with Gasteiger partial charge in [-0.2, -0.15) is 0 Å². The van der Waals surface area contributed by atoms with Crippen LogP contribution < -0.4 is 5.32 Å². The van der Waals surface area contributed by atoms with Crippen LogP contribution in [0.2, 0.25) is 0 Å². The number of carbonyl (C=O) groups is 2. The molecule has 0 aliphatic rings. The van der Waals surface area contributed by atoms with Crippen molar-refractivity contribution in [3.8, 4) is 0 Å². The van der Waals surface area contributed by atoms with Gasteiger partial charge in [-0.3, -0.25) is 4.79 Å². The molecule has 154 valence electrons. The second kappa shape index (κ2) is 8.54. The topological polar surface area (TPSA) is 66.4 Å². The average Bonchev–Trinajstić information content (AvgIpc) is 2.71. The normalized spacial score (nSPS) is 11.9. The van der Waals surface area contributed by atoms with Crippen molar-refractivity contribution in [3.63, 3.8) is 0 Å². The van der Waals surface area contributed by atoms with E-state index < -0.39 is 17.4 Å². The number of carbonyl (C=O) groups excluding carboxylic acids is 1. The van der Waals surface area contributed by atoms with E-state index in [4.69, 9.17) is 0 Å². The molecule has 3 rings (SSSR count). The van der Waals surface area contributed by atoms with Crippen LogP contribution in [0.1, 0.15) is 60.7 Å². The zero-order valence-electron chi connectivity index (χ0n) is 17.8. The van der Waals surface area contributed by atoms with Crippen LogP contribution in [0.4, 0.5) is 0 Å². The predicted octanol–water partition coefficient (Wildman–Crippen LogP) is 5.73. The largest absolute Gasteiger partial charge is 0.480 e. The summed E-state index contributed by atoms with van der Waals surface area (Å²) < 4.78 is 0. The first-order valence-corrected chi connectivity index (χ1v) is 10.0. The number of nitrogens with one attached hydrogen (secondary N) is 1. The molecule has 0 spiro atoms. The molecular weight excluding hydrogens is 374 g/mol. The molecule has 2 N–H and O–H groups in total. The minimum Gasteiger partial charge on any atom is -0.480 e. The number of amides is 1. The van der Waals surface area contributed by atoms with Gasteiger partial charge in [-0.25, -0.2) is 4.79 Å². The lowest BCUT2D eigenvalue weighted by Crippen LogP contribution is -2.49. The number of carboxylic acids is 1.